The van der Waals surface area contributed by atoms with Gasteiger partial charge in [0.2, 0.25) is 0 Å². The van der Waals surface area contributed by atoms with Gasteiger partial charge < -0.3 is 5.21 Å². The SMILES string of the molecule is On1ccccc1=S.[PbH2]. The average molecular weight is 336 g/mol. The van der Waals surface area contributed by atoms with Crippen molar-refractivity contribution in [1.82, 2.24) is 4.73 Å². The topological polar surface area (TPSA) is 25.2 Å². The van der Waals surface area contributed by atoms with Crippen LogP contribution in [0.25, 0.3) is 0 Å². The van der Waals surface area contributed by atoms with E-state index < -0.39 is 0 Å². The molecule has 1 rings (SSSR count). The molecule has 1 aromatic rings. The van der Waals surface area contributed by atoms with Gasteiger partial charge in [0, 0.05) is 6.20 Å². The van der Waals surface area contributed by atoms with Crippen LogP contribution in [-0.4, -0.2) is 37.2 Å². The third-order valence-corrected chi connectivity index (χ3v) is 1.13. The monoisotopic (exact) mass is 337 g/mol. The summed E-state index contributed by atoms with van der Waals surface area (Å²) in [7, 11) is 0. The number of hydrogen-bond donors (Lipinski definition) is 1. The number of nitrogens with zero attached hydrogens (tertiary/aromatic N) is 1. The van der Waals surface area contributed by atoms with Crippen molar-refractivity contribution in [1.29, 1.82) is 0 Å². The van der Waals surface area contributed by atoms with Crippen molar-refractivity contribution in [3.05, 3.63) is 29.0 Å². The molecular weight excluding hydrogens is 329 g/mol. The maximum atomic E-state index is 8.73. The van der Waals surface area contributed by atoms with Crippen LogP contribution >= 0.6 is 12.2 Å². The molecule has 0 saturated heterocycles. The first-order chi connectivity index (χ1) is 3.80. The molecule has 0 atom stereocenters. The molecular formula is C5H7NOPbS. The first-order valence-corrected chi connectivity index (χ1v) is 2.58. The van der Waals surface area contributed by atoms with Gasteiger partial charge in [0.15, 0.2) is 0 Å². The maximum absolute atomic E-state index is 8.73. The van der Waals surface area contributed by atoms with E-state index in [9.17, 15) is 0 Å². The molecule has 0 saturated carbocycles. The normalized spacial score (nSPS) is 8.00. The Kier molecular flexibility index (Phi) is 4.04. The van der Waals surface area contributed by atoms with E-state index in [0.29, 0.717) is 4.64 Å². The van der Waals surface area contributed by atoms with Crippen LogP contribution < -0.4 is 0 Å². The molecule has 0 unspecified atom stereocenters. The molecule has 1 heterocycles. The second-order valence-electron chi connectivity index (χ2n) is 1.38. The standard InChI is InChI=1S/C5H5NOS.Pb.2H/c7-6-4-2-1-3-5(6)8;;;/h1-4,7H;;;. The van der Waals surface area contributed by atoms with Crippen LogP contribution in [0.15, 0.2) is 24.4 Å². The van der Waals surface area contributed by atoms with Gasteiger partial charge in [0.05, 0.1) is 0 Å². The number of pyridine rings is 1. The predicted molar refractivity (Wildman–Crippen MR) is 41.0 cm³/mol. The summed E-state index contributed by atoms with van der Waals surface area (Å²) in [5, 5.41) is 8.73. The van der Waals surface area contributed by atoms with Crippen LogP contribution in [0.1, 0.15) is 0 Å². The summed E-state index contributed by atoms with van der Waals surface area (Å²) in [4.78, 5) is 0. The van der Waals surface area contributed by atoms with E-state index in [-0.39, 0.29) is 27.3 Å². The Labute approximate surface area is 78.3 Å². The van der Waals surface area contributed by atoms with Crippen molar-refractivity contribution in [3.8, 4) is 0 Å². The van der Waals surface area contributed by atoms with Crippen LogP contribution in [0.5, 0.6) is 0 Å². The summed E-state index contributed by atoms with van der Waals surface area (Å²) in [5.74, 6) is 0. The second kappa shape index (κ2) is 4.00. The van der Waals surface area contributed by atoms with Crippen molar-refractivity contribution in [2.75, 3.05) is 0 Å². The van der Waals surface area contributed by atoms with Gasteiger partial charge in [0.1, 0.15) is 4.64 Å². The Bertz CT molecular complexity index is 234. The van der Waals surface area contributed by atoms with Gasteiger partial charge in [-0.15, -0.1) is 0 Å². The summed E-state index contributed by atoms with van der Waals surface area (Å²) in [6.07, 6.45) is 1.49. The Morgan fingerprint density at radius 2 is 2.11 bits per heavy atom. The minimum absolute atomic E-state index is 0. The quantitative estimate of drug-likeness (QED) is 0.425. The van der Waals surface area contributed by atoms with E-state index in [1.807, 2.05) is 0 Å². The fourth-order valence-corrected chi connectivity index (χ4v) is 0.558. The molecule has 0 fully saturated rings. The summed E-state index contributed by atoms with van der Waals surface area (Å²) < 4.78 is 1.32. The van der Waals surface area contributed by atoms with Crippen molar-refractivity contribution in [2.24, 2.45) is 0 Å². The number of hydrogen-bond acceptors (Lipinski definition) is 2. The third-order valence-electron chi connectivity index (χ3n) is 0.803. The first-order valence-electron chi connectivity index (χ1n) is 2.17. The zero-order valence-corrected chi connectivity index (χ0v) is 11.1. The Hall–Kier alpha value is 0.0921. The third kappa shape index (κ3) is 2.44. The molecule has 0 aliphatic rings. The first kappa shape index (κ1) is 9.09. The molecule has 0 aliphatic carbocycles. The van der Waals surface area contributed by atoms with E-state index in [4.69, 9.17) is 5.21 Å². The average Bonchev–Trinajstić information content (AvgIpc) is 1.77. The van der Waals surface area contributed by atoms with Crippen LogP contribution in [0.2, 0.25) is 0 Å². The van der Waals surface area contributed by atoms with E-state index >= 15 is 0 Å². The van der Waals surface area contributed by atoms with Crippen LogP contribution in [0, 0.1) is 4.64 Å². The van der Waals surface area contributed by atoms with Crippen molar-refractivity contribution >= 4 is 39.5 Å². The molecule has 1 aromatic heterocycles. The van der Waals surface area contributed by atoms with E-state index in [0.717, 1.165) is 4.73 Å². The van der Waals surface area contributed by atoms with Gasteiger partial charge in [0.25, 0.3) is 0 Å². The zero-order valence-electron chi connectivity index (χ0n) is 4.82. The van der Waals surface area contributed by atoms with E-state index in [2.05, 4.69) is 12.2 Å². The van der Waals surface area contributed by atoms with Gasteiger partial charge in [-0.2, -0.15) is 4.73 Å². The molecule has 48 valence electrons. The van der Waals surface area contributed by atoms with E-state index in [1.54, 1.807) is 18.2 Å². The van der Waals surface area contributed by atoms with Crippen molar-refractivity contribution < 1.29 is 5.21 Å². The Morgan fingerprint density at radius 1 is 1.44 bits per heavy atom. The van der Waals surface area contributed by atoms with Crippen molar-refractivity contribution in [2.45, 2.75) is 0 Å². The molecule has 2 radical (unpaired) electrons. The summed E-state index contributed by atoms with van der Waals surface area (Å²) in [6, 6.07) is 5.13. The Balaban J connectivity index is 0.000000640. The summed E-state index contributed by atoms with van der Waals surface area (Å²) >= 11 is 4.67. The zero-order chi connectivity index (χ0) is 5.98. The summed E-state index contributed by atoms with van der Waals surface area (Å²) in [6.45, 7) is 0. The van der Waals surface area contributed by atoms with Gasteiger partial charge in [-0.25, -0.2) is 0 Å². The van der Waals surface area contributed by atoms with Crippen molar-refractivity contribution in [3.63, 3.8) is 0 Å². The molecule has 0 aliphatic heterocycles. The molecule has 0 amide bonds. The molecule has 0 bridgehead atoms. The molecule has 9 heavy (non-hydrogen) atoms. The molecule has 1 N–H and O–H groups in total. The fourth-order valence-electron chi connectivity index (χ4n) is 0.419. The summed E-state index contributed by atoms with van der Waals surface area (Å²) in [5.41, 5.74) is 0. The van der Waals surface area contributed by atoms with Crippen LogP contribution in [0.4, 0.5) is 0 Å². The van der Waals surface area contributed by atoms with Crippen LogP contribution in [0.3, 0.4) is 0 Å². The number of aromatic nitrogens is 1. The second-order valence-corrected chi connectivity index (χ2v) is 1.80. The van der Waals surface area contributed by atoms with Gasteiger partial charge >= 0.3 is 27.3 Å². The van der Waals surface area contributed by atoms with Crippen LogP contribution in [-0.2, 0) is 0 Å². The molecule has 0 spiro atoms. The molecule has 2 nitrogen and oxygen atoms in total. The van der Waals surface area contributed by atoms with E-state index in [1.165, 1.54) is 6.20 Å². The fraction of sp³-hybridized carbons (Fsp3) is 0. The van der Waals surface area contributed by atoms with Gasteiger partial charge in [-0.3, -0.25) is 0 Å². The number of rotatable bonds is 0. The predicted octanol–water partition coefficient (Wildman–Crippen LogP) is 0.539. The molecule has 0 aromatic carbocycles. The minimum atomic E-state index is 0. The van der Waals surface area contributed by atoms with Gasteiger partial charge in [-0.05, 0) is 12.1 Å². The van der Waals surface area contributed by atoms with Gasteiger partial charge in [-0.1, -0.05) is 18.3 Å². The Morgan fingerprint density at radius 3 is 2.44 bits per heavy atom. The molecule has 4 heteroatoms.